The largest absolute Gasteiger partial charge is 0.396 e. The smallest absolute Gasteiger partial charge is 0.0502 e. The Labute approximate surface area is 92.1 Å². The van der Waals surface area contributed by atoms with Crippen molar-refractivity contribution in [1.82, 2.24) is 0 Å². The van der Waals surface area contributed by atoms with Crippen molar-refractivity contribution >= 4 is 0 Å². The SMILES string of the molecule is CC(C)c1ccc(C(CO)C2CC2)cc1. The van der Waals surface area contributed by atoms with Crippen molar-refractivity contribution in [1.29, 1.82) is 0 Å². The van der Waals surface area contributed by atoms with Crippen molar-refractivity contribution in [3.8, 4) is 0 Å². The van der Waals surface area contributed by atoms with Crippen molar-refractivity contribution in [2.45, 2.75) is 38.5 Å². The molecule has 1 fully saturated rings. The van der Waals surface area contributed by atoms with Gasteiger partial charge in [0.15, 0.2) is 0 Å². The van der Waals surface area contributed by atoms with Gasteiger partial charge in [-0.25, -0.2) is 0 Å². The highest BCUT2D eigenvalue weighted by Crippen LogP contribution is 2.42. The van der Waals surface area contributed by atoms with E-state index in [1.807, 2.05) is 0 Å². The Balaban J connectivity index is 2.14. The third kappa shape index (κ3) is 2.40. The van der Waals surface area contributed by atoms with E-state index in [1.165, 1.54) is 24.0 Å². The molecule has 0 bridgehead atoms. The van der Waals surface area contributed by atoms with Gasteiger partial charge in [0, 0.05) is 5.92 Å². The Morgan fingerprint density at radius 3 is 2.07 bits per heavy atom. The summed E-state index contributed by atoms with van der Waals surface area (Å²) in [6.07, 6.45) is 2.58. The molecule has 1 aliphatic rings. The molecule has 1 atom stereocenters. The lowest BCUT2D eigenvalue weighted by Gasteiger charge is -2.14. The Morgan fingerprint density at radius 2 is 1.67 bits per heavy atom. The zero-order chi connectivity index (χ0) is 10.8. The van der Waals surface area contributed by atoms with Crippen LogP contribution in [0.1, 0.15) is 49.7 Å². The zero-order valence-corrected chi connectivity index (χ0v) is 9.61. The predicted molar refractivity (Wildman–Crippen MR) is 63.1 cm³/mol. The number of aliphatic hydroxyl groups is 1. The van der Waals surface area contributed by atoms with Gasteiger partial charge in [-0.05, 0) is 35.8 Å². The van der Waals surface area contributed by atoms with Crippen LogP contribution in [0, 0.1) is 5.92 Å². The molecule has 1 heteroatoms. The van der Waals surface area contributed by atoms with Crippen LogP contribution in [0.3, 0.4) is 0 Å². The van der Waals surface area contributed by atoms with Gasteiger partial charge in [-0.2, -0.15) is 0 Å². The number of rotatable bonds is 4. The molecule has 0 heterocycles. The van der Waals surface area contributed by atoms with Gasteiger partial charge in [-0.1, -0.05) is 38.1 Å². The number of hydrogen-bond donors (Lipinski definition) is 1. The Morgan fingerprint density at radius 1 is 1.13 bits per heavy atom. The molecule has 2 rings (SSSR count). The lowest BCUT2D eigenvalue weighted by Crippen LogP contribution is -2.06. The summed E-state index contributed by atoms with van der Waals surface area (Å²) in [7, 11) is 0. The summed E-state index contributed by atoms with van der Waals surface area (Å²) in [4.78, 5) is 0. The Bertz CT molecular complexity index is 309. The predicted octanol–water partition coefficient (Wildman–Crippen LogP) is 3.30. The highest BCUT2D eigenvalue weighted by molar-refractivity contribution is 5.28. The van der Waals surface area contributed by atoms with Crippen LogP contribution in [0.2, 0.25) is 0 Å². The summed E-state index contributed by atoms with van der Waals surface area (Å²) >= 11 is 0. The monoisotopic (exact) mass is 204 g/mol. The van der Waals surface area contributed by atoms with Gasteiger partial charge in [0.25, 0.3) is 0 Å². The first-order valence-corrected chi connectivity index (χ1v) is 5.93. The zero-order valence-electron chi connectivity index (χ0n) is 9.61. The summed E-state index contributed by atoms with van der Waals surface area (Å²) in [6.45, 7) is 4.71. The van der Waals surface area contributed by atoms with E-state index in [0.717, 1.165) is 5.92 Å². The number of hydrogen-bond acceptors (Lipinski definition) is 1. The second-order valence-corrected chi connectivity index (χ2v) is 4.95. The van der Waals surface area contributed by atoms with Gasteiger partial charge in [-0.15, -0.1) is 0 Å². The summed E-state index contributed by atoms with van der Waals surface area (Å²) in [5.41, 5.74) is 2.69. The molecule has 0 aliphatic heterocycles. The fraction of sp³-hybridized carbons (Fsp3) is 0.571. The molecule has 0 radical (unpaired) electrons. The van der Waals surface area contributed by atoms with Crippen LogP contribution in [0.5, 0.6) is 0 Å². The third-order valence-corrected chi connectivity index (χ3v) is 3.42. The van der Waals surface area contributed by atoms with Gasteiger partial charge in [-0.3, -0.25) is 0 Å². The lowest BCUT2D eigenvalue weighted by atomic mass is 9.92. The maximum atomic E-state index is 9.37. The van der Waals surface area contributed by atoms with E-state index in [-0.39, 0.29) is 0 Å². The van der Waals surface area contributed by atoms with Crippen molar-refractivity contribution in [2.75, 3.05) is 6.61 Å². The third-order valence-electron chi connectivity index (χ3n) is 3.42. The van der Waals surface area contributed by atoms with Crippen molar-refractivity contribution in [2.24, 2.45) is 5.92 Å². The molecule has 0 amide bonds. The van der Waals surface area contributed by atoms with Gasteiger partial charge in [0.1, 0.15) is 0 Å². The molecule has 1 N–H and O–H groups in total. The Hall–Kier alpha value is -0.820. The molecule has 1 saturated carbocycles. The summed E-state index contributed by atoms with van der Waals surface area (Å²) < 4.78 is 0. The highest BCUT2D eigenvalue weighted by atomic mass is 16.3. The summed E-state index contributed by atoms with van der Waals surface area (Å²) in [5, 5.41) is 9.37. The molecule has 82 valence electrons. The number of aliphatic hydroxyl groups excluding tert-OH is 1. The van der Waals surface area contributed by atoms with E-state index >= 15 is 0 Å². The standard InChI is InChI=1S/C14H20O/c1-10(2)11-3-5-12(6-4-11)14(9-15)13-7-8-13/h3-6,10,13-15H,7-9H2,1-2H3. The van der Waals surface area contributed by atoms with E-state index in [2.05, 4.69) is 38.1 Å². The average Bonchev–Trinajstić information content (AvgIpc) is 3.04. The van der Waals surface area contributed by atoms with E-state index in [0.29, 0.717) is 18.4 Å². The van der Waals surface area contributed by atoms with E-state index in [9.17, 15) is 5.11 Å². The quantitative estimate of drug-likeness (QED) is 0.798. The maximum absolute atomic E-state index is 9.37. The normalized spacial score (nSPS) is 18.1. The van der Waals surface area contributed by atoms with E-state index in [1.54, 1.807) is 0 Å². The lowest BCUT2D eigenvalue weighted by molar-refractivity contribution is 0.253. The minimum Gasteiger partial charge on any atom is -0.396 e. The first-order valence-electron chi connectivity index (χ1n) is 5.93. The molecule has 15 heavy (non-hydrogen) atoms. The van der Waals surface area contributed by atoms with Crippen LogP contribution in [0.4, 0.5) is 0 Å². The van der Waals surface area contributed by atoms with Crippen LogP contribution in [-0.4, -0.2) is 11.7 Å². The van der Waals surface area contributed by atoms with E-state index in [4.69, 9.17) is 0 Å². The molecule has 0 spiro atoms. The van der Waals surface area contributed by atoms with Crippen LogP contribution >= 0.6 is 0 Å². The van der Waals surface area contributed by atoms with Crippen molar-refractivity contribution < 1.29 is 5.11 Å². The minimum absolute atomic E-state index is 0.297. The summed E-state index contributed by atoms with van der Waals surface area (Å²) in [5.74, 6) is 1.71. The van der Waals surface area contributed by atoms with Gasteiger partial charge in [0.05, 0.1) is 6.61 Å². The number of benzene rings is 1. The Kier molecular flexibility index (Phi) is 3.11. The maximum Gasteiger partial charge on any atom is 0.0502 e. The molecule has 1 aromatic rings. The minimum atomic E-state index is 0.297. The first kappa shape index (κ1) is 10.7. The summed E-state index contributed by atoms with van der Waals surface area (Å²) in [6, 6.07) is 8.78. The second-order valence-electron chi connectivity index (χ2n) is 4.95. The second kappa shape index (κ2) is 4.36. The van der Waals surface area contributed by atoms with Crippen LogP contribution in [0.15, 0.2) is 24.3 Å². The topological polar surface area (TPSA) is 20.2 Å². The highest BCUT2D eigenvalue weighted by Gasteiger charge is 2.31. The van der Waals surface area contributed by atoms with Crippen LogP contribution in [-0.2, 0) is 0 Å². The van der Waals surface area contributed by atoms with Crippen molar-refractivity contribution in [3.63, 3.8) is 0 Å². The molecule has 1 unspecified atom stereocenters. The first-order chi connectivity index (χ1) is 7.22. The van der Waals surface area contributed by atoms with Gasteiger partial charge >= 0.3 is 0 Å². The van der Waals surface area contributed by atoms with Gasteiger partial charge < -0.3 is 5.11 Å². The fourth-order valence-corrected chi connectivity index (χ4v) is 2.15. The molecule has 0 aromatic heterocycles. The molecule has 1 nitrogen and oxygen atoms in total. The van der Waals surface area contributed by atoms with Gasteiger partial charge in [0.2, 0.25) is 0 Å². The average molecular weight is 204 g/mol. The molecule has 0 saturated heterocycles. The molecule has 1 aromatic carbocycles. The van der Waals surface area contributed by atoms with Crippen molar-refractivity contribution in [3.05, 3.63) is 35.4 Å². The van der Waals surface area contributed by atoms with Crippen LogP contribution in [0.25, 0.3) is 0 Å². The molecular weight excluding hydrogens is 184 g/mol. The van der Waals surface area contributed by atoms with E-state index < -0.39 is 0 Å². The molecular formula is C14H20O. The van der Waals surface area contributed by atoms with Crippen LogP contribution < -0.4 is 0 Å². The fourth-order valence-electron chi connectivity index (χ4n) is 2.15. The molecule has 1 aliphatic carbocycles.